The number of nitrogens with two attached hydrogens (primary N) is 1. The third kappa shape index (κ3) is 3.95. The second-order valence-corrected chi connectivity index (χ2v) is 9.32. The molecular weight excluding hydrogens is 300 g/mol. The molecule has 1 aliphatic carbocycles. The summed E-state index contributed by atoms with van der Waals surface area (Å²) in [6.07, 6.45) is 2.98. The van der Waals surface area contributed by atoms with Crippen molar-refractivity contribution < 1.29 is 8.42 Å². The first kappa shape index (κ1) is 15.3. The van der Waals surface area contributed by atoms with E-state index >= 15 is 0 Å². The van der Waals surface area contributed by atoms with Gasteiger partial charge in [0.2, 0.25) is 10.0 Å². The Hall–Kier alpha value is -0.0800. The molecule has 108 valence electrons. The van der Waals surface area contributed by atoms with Crippen LogP contribution in [0, 0.1) is 0 Å². The summed E-state index contributed by atoms with van der Waals surface area (Å²) in [5.74, 6) is 1.09. The molecule has 0 bridgehead atoms. The minimum atomic E-state index is -3.37. The van der Waals surface area contributed by atoms with Crippen LogP contribution in [0.4, 0.5) is 0 Å². The Kier molecular flexibility index (Phi) is 5.30. The van der Waals surface area contributed by atoms with E-state index in [1.807, 2.05) is 11.8 Å². The lowest BCUT2D eigenvalue weighted by molar-refractivity contribution is 0.554. The normalized spacial score (nSPS) is 23.9. The van der Waals surface area contributed by atoms with Gasteiger partial charge < -0.3 is 5.73 Å². The fourth-order valence-electron chi connectivity index (χ4n) is 2.32. The molecular formula is C12H20N2O2S3. The molecule has 19 heavy (non-hydrogen) atoms. The Labute approximate surface area is 123 Å². The van der Waals surface area contributed by atoms with E-state index in [0.717, 1.165) is 29.9 Å². The van der Waals surface area contributed by atoms with Gasteiger partial charge in [-0.25, -0.2) is 13.1 Å². The maximum Gasteiger partial charge on any atom is 0.250 e. The van der Waals surface area contributed by atoms with Crippen molar-refractivity contribution in [1.82, 2.24) is 4.72 Å². The van der Waals surface area contributed by atoms with Gasteiger partial charge >= 0.3 is 0 Å². The number of rotatable bonds is 6. The SMILES string of the molecule is CCSC1CCC(NS(=O)(=O)c2ccc(CN)s2)C1. The van der Waals surface area contributed by atoms with Gasteiger partial charge in [0.1, 0.15) is 4.21 Å². The van der Waals surface area contributed by atoms with Crippen LogP contribution in [0.3, 0.4) is 0 Å². The minimum Gasteiger partial charge on any atom is -0.326 e. The molecule has 4 nitrogen and oxygen atoms in total. The highest BCUT2D eigenvalue weighted by molar-refractivity contribution is 7.99. The van der Waals surface area contributed by atoms with Gasteiger partial charge in [0.15, 0.2) is 0 Å². The summed E-state index contributed by atoms with van der Waals surface area (Å²) < 4.78 is 27.7. The van der Waals surface area contributed by atoms with Gasteiger partial charge in [-0.1, -0.05) is 6.92 Å². The molecule has 1 aromatic rings. The van der Waals surface area contributed by atoms with E-state index in [-0.39, 0.29) is 6.04 Å². The van der Waals surface area contributed by atoms with Crippen molar-refractivity contribution in [2.24, 2.45) is 5.73 Å². The van der Waals surface area contributed by atoms with Crippen LogP contribution in [-0.4, -0.2) is 25.5 Å². The molecule has 0 aliphatic heterocycles. The summed E-state index contributed by atoms with van der Waals surface area (Å²) in [6, 6.07) is 3.50. The second-order valence-electron chi connectivity index (χ2n) is 4.63. The van der Waals surface area contributed by atoms with Crippen molar-refractivity contribution in [2.45, 2.75) is 48.2 Å². The molecule has 0 radical (unpaired) electrons. The zero-order chi connectivity index (χ0) is 13.9. The molecule has 1 aliphatic rings. The first-order valence-corrected chi connectivity index (χ1v) is 9.82. The smallest absolute Gasteiger partial charge is 0.250 e. The van der Waals surface area contributed by atoms with Gasteiger partial charge in [0, 0.05) is 22.7 Å². The molecule has 1 fully saturated rings. The number of thioether (sulfide) groups is 1. The van der Waals surface area contributed by atoms with Gasteiger partial charge in [-0.15, -0.1) is 11.3 Å². The predicted molar refractivity (Wildman–Crippen MR) is 82.1 cm³/mol. The van der Waals surface area contributed by atoms with Crippen LogP contribution >= 0.6 is 23.1 Å². The Morgan fingerprint density at radius 1 is 1.47 bits per heavy atom. The molecule has 0 amide bonds. The Balaban J connectivity index is 1.98. The van der Waals surface area contributed by atoms with E-state index in [1.165, 1.54) is 11.3 Å². The third-order valence-corrected chi connectivity index (χ3v) is 7.56. The van der Waals surface area contributed by atoms with Crippen molar-refractivity contribution >= 4 is 33.1 Å². The van der Waals surface area contributed by atoms with Crippen LogP contribution < -0.4 is 10.5 Å². The number of nitrogens with one attached hydrogen (secondary N) is 1. The van der Waals surface area contributed by atoms with E-state index < -0.39 is 10.0 Å². The van der Waals surface area contributed by atoms with E-state index in [9.17, 15) is 8.42 Å². The highest BCUT2D eigenvalue weighted by Crippen LogP contribution is 2.31. The molecule has 1 heterocycles. The summed E-state index contributed by atoms with van der Waals surface area (Å²) >= 11 is 3.18. The zero-order valence-electron chi connectivity index (χ0n) is 11.0. The summed E-state index contributed by atoms with van der Waals surface area (Å²) in [7, 11) is -3.37. The Morgan fingerprint density at radius 3 is 2.89 bits per heavy atom. The number of thiophene rings is 1. The van der Waals surface area contributed by atoms with Crippen LogP contribution in [0.15, 0.2) is 16.3 Å². The van der Waals surface area contributed by atoms with Crippen molar-refractivity contribution in [3.05, 3.63) is 17.0 Å². The quantitative estimate of drug-likeness (QED) is 0.842. The fraction of sp³-hybridized carbons (Fsp3) is 0.667. The third-order valence-electron chi connectivity index (χ3n) is 3.21. The molecule has 7 heteroatoms. The van der Waals surface area contributed by atoms with E-state index in [4.69, 9.17) is 5.73 Å². The van der Waals surface area contributed by atoms with Gasteiger partial charge in [-0.05, 0) is 37.1 Å². The minimum absolute atomic E-state index is 0.0810. The first-order chi connectivity index (χ1) is 9.05. The highest BCUT2D eigenvalue weighted by atomic mass is 32.2. The van der Waals surface area contributed by atoms with Gasteiger partial charge in [0.25, 0.3) is 0 Å². The van der Waals surface area contributed by atoms with Gasteiger partial charge in [0.05, 0.1) is 0 Å². The van der Waals surface area contributed by atoms with Gasteiger partial charge in [-0.2, -0.15) is 11.8 Å². The molecule has 3 N–H and O–H groups in total. The highest BCUT2D eigenvalue weighted by Gasteiger charge is 2.29. The molecule has 1 saturated carbocycles. The summed E-state index contributed by atoms with van der Waals surface area (Å²) in [5, 5.41) is 0.598. The molecule has 0 aromatic carbocycles. The lowest BCUT2D eigenvalue weighted by atomic mass is 10.3. The topological polar surface area (TPSA) is 72.2 Å². The molecule has 2 unspecified atom stereocenters. The number of sulfonamides is 1. The fourth-order valence-corrected chi connectivity index (χ4v) is 6.00. The summed E-state index contributed by atoms with van der Waals surface area (Å²) in [5.41, 5.74) is 5.51. The van der Waals surface area contributed by atoms with Crippen molar-refractivity contribution in [3.63, 3.8) is 0 Å². The maximum atomic E-state index is 12.2. The Morgan fingerprint density at radius 2 is 2.26 bits per heavy atom. The monoisotopic (exact) mass is 320 g/mol. The Bertz CT molecular complexity index is 513. The van der Waals surface area contributed by atoms with Crippen LogP contribution in [0.2, 0.25) is 0 Å². The summed E-state index contributed by atoms with van der Waals surface area (Å²) in [4.78, 5) is 0.895. The molecule has 2 rings (SSSR count). The lowest BCUT2D eigenvalue weighted by Crippen LogP contribution is -2.32. The van der Waals surface area contributed by atoms with Crippen molar-refractivity contribution in [1.29, 1.82) is 0 Å². The maximum absolute atomic E-state index is 12.2. The van der Waals surface area contributed by atoms with Crippen LogP contribution in [0.1, 0.15) is 31.1 Å². The largest absolute Gasteiger partial charge is 0.326 e. The first-order valence-electron chi connectivity index (χ1n) is 6.48. The van der Waals surface area contributed by atoms with Gasteiger partial charge in [-0.3, -0.25) is 0 Å². The average molecular weight is 321 g/mol. The molecule has 1 aromatic heterocycles. The van der Waals surface area contributed by atoms with E-state index in [0.29, 0.717) is 16.0 Å². The van der Waals surface area contributed by atoms with Crippen LogP contribution in [0.25, 0.3) is 0 Å². The van der Waals surface area contributed by atoms with E-state index in [1.54, 1.807) is 12.1 Å². The van der Waals surface area contributed by atoms with Crippen molar-refractivity contribution in [3.8, 4) is 0 Å². The average Bonchev–Trinajstić information content (AvgIpc) is 2.98. The molecule has 0 saturated heterocycles. The lowest BCUT2D eigenvalue weighted by Gasteiger charge is -2.12. The zero-order valence-corrected chi connectivity index (χ0v) is 13.4. The summed E-state index contributed by atoms with van der Waals surface area (Å²) in [6.45, 7) is 2.53. The predicted octanol–water partition coefficient (Wildman–Crippen LogP) is 2.16. The standard InChI is InChI=1S/C12H20N2O2S3/c1-2-17-10-4-3-9(7-10)14-19(15,16)12-6-5-11(8-13)18-12/h5-6,9-10,14H,2-4,7-8,13H2,1H3. The van der Waals surface area contributed by atoms with Crippen LogP contribution in [0.5, 0.6) is 0 Å². The number of hydrogen-bond acceptors (Lipinski definition) is 5. The molecule has 2 atom stereocenters. The van der Waals surface area contributed by atoms with Crippen molar-refractivity contribution in [2.75, 3.05) is 5.75 Å². The van der Waals surface area contributed by atoms with Crippen LogP contribution in [-0.2, 0) is 16.6 Å². The second kappa shape index (κ2) is 6.58. The van der Waals surface area contributed by atoms with E-state index in [2.05, 4.69) is 11.6 Å². The molecule has 0 spiro atoms. The number of hydrogen-bond donors (Lipinski definition) is 2.